The van der Waals surface area contributed by atoms with Gasteiger partial charge in [0.25, 0.3) is 0 Å². The standard InChI is InChI=1S/C87H170O17P2/c1-8-10-11-12-44-54-61-68-84(89)97-74-82(103-86(91)70-64-57-50-43-37-31-25-19-21-27-33-39-46-52-59-66-79(5)6)76-101-105(93,94)99-72-81(88)73-100-106(95,96)102-77-83(75-98-85(90)69-62-55-48-41-35-29-23-18-17-20-26-32-38-45-51-58-65-78(3)4)104-87(92)71-63-56-49-42-36-30-24-16-14-13-15-22-28-34-40-47-53-60-67-80(7)9-2/h78-83,88H,8-77H2,1-7H3,(H,93,94)(H,95,96)/t80?,81-,82+,83+/m0/s1. The Morgan fingerprint density at radius 1 is 0.274 bits per heavy atom. The molecule has 630 valence electrons. The maximum atomic E-state index is 13.1. The number of carbonyl (C=O) groups excluding carboxylic acids is 4. The van der Waals surface area contributed by atoms with Crippen LogP contribution < -0.4 is 0 Å². The third-order valence-corrected chi connectivity index (χ3v) is 22.6. The molecule has 0 radical (unpaired) electrons. The Hall–Kier alpha value is -1.94. The summed E-state index contributed by atoms with van der Waals surface area (Å²) < 4.78 is 68.8. The van der Waals surface area contributed by atoms with Crippen LogP contribution in [0.5, 0.6) is 0 Å². The summed E-state index contributed by atoms with van der Waals surface area (Å²) in [7, 11) is -9.92. The van der Waals surface area contributed by atoms with Crippen molar-refractivity contribution in [2.24, 2.45) is 17.8 Å². The quantitative estimate of drug-likeness (QED) is 0.0222. The van der Waals surface area contributed by atoms with Gasteiger partial charge in [-0.1, -0.05) is 408 Å². The molecule has 3 unspecified atom stereocenters. The van der Waals surface area contributed by atoms with Crippen LogP contribution in [-0.2, 0) is 65.4 Å². The molecule has 0 heterocycles. The molecule has 0 aromatic rings. The van der Waals surface area contributed by atoms with Crippen LogP contribution in [0.25, 0.3) is 0 Å². The minimum Gasteiger partial charge on any atom is -0.462 e. The Kier molecular flexibility index (Phi) is 75.6. The molecule has 0 spiro atoms. The Morgan fingerprint density at radius 3 is 0.717 bits per heavy atom. The van der Waals surface area contributed by atoms with Gasteiger partial charge >= 0.3 is 39.5 Å². The van der Waals surface area contributed by atoms with Crippen LogP contribution in [-0.4, -0.2) is 96.7 Å². The molecule has 3 N–H and O–H groups in total. The SMILES string of the molecule is CCCCCCCCCC(=O)OC[C@H](COP(=O)(O)OC[C@H](O)COP(=O)(O)OC[C@@H](COC(=O)CCCCCCCCCCCCCCCCCCC(C)C)OC(=O)CCCCCCCCCCCCCCCCCCCCC(C)CC)OC(=O)CCCCCCCCCCCCCCCCCC(C)C. The maximum Gasteiger partial charge on any atom is 0.472 e. The van der Waals surface area contributed by atoms with Crippen LogP contribution in [0.15, 0.2) is 0 Å². The zero-order valence-corrected chi connectivity index (χ0v) is 71.7. The van der Waals surface area contributed by atoms with E-state index in [0.29, 0.717) is 25.7 Å². The van der Waals surface area contributed by atoms with Crippen molar-refractivity contribution in [2.75, 3.05) is 39.6 Å². The molecule has 0 aliphatic heterocycles. The lowest BCUT2D eigenvalue weighted by atomic mass is 9.99. The van der Waals surface area contributed by atoms with E-state index in [1.165, 1.54) is 257 Å². The number of hydrogen-bond donors (Lipinski definition) is 3. The van der Waals surface area contributed by atoms with Gasteiger partial charge in [-0.25, -0.2) is 9.13 Å². The number of esters is 4. The van der Waals surface area contributed by atoms with Crippen LogP contribution in [0.2, 0.25) is 0 Å². The van der Waals surface area contributed by atoms with Gasteiger partial charge in [0.05, 0.1) is 26.4 Å². The zero-order chi connectivity index (χ0) is 77.9. The summed E-state index contributed by atoms with van der Waals surface area (Å²) in [6.45, 7) is 12.1. The number of phosphoric ester groups is 2. The second-order valence-corrected chi connectivity index (χ2v) is 35.4. The summed E-state index contributed by atoms with van der Waals surface area (Å²) in [6, 6.07) is 0. The molecule has 17 nitrogen and oxygen atoms in total. The number of rotatable bonds is 85. The van der Waals surface area contributed by atoms with Gasteiger partial charge in [0.2, 0.25) is 0 Å². The van der Waals surface area contributed by atoms with E-state index in [4.69, 9.17) is 37.0 Å². The fourth-order valence-corrected chi connectivity index (χ4v) is 15.1. The largest absolute Gasteiger partial charge is 0.472 e. The fourth-order valence-electron chi connectivity index (χ4n) is 13.5. The normalized spacial score (nSPS) is 14.1. The highest BCUT2D eigenvalue weighted by Gasteiger charge is 2.31. The van der Waals surface area contributed by atoms with Crippen LogP contribution >= 0.6 is 15.6 Å². The minimum absolute atomic E-state index is 0.107. The van der Waals surface area contributed by atoms with Crippen molar-refractivity contribution >= 4 is 39.5 Å². The monoisotopic (exact) mass is 1550 g/mol. The predicted octanol–water partition coefficient (Wildman–Crippen LogP) is 26.5. The third-order valence-electron chi connectivity index (χ3n) is 20.7. The summed E-state index contributed by atoms with van der Waals surface area (Å²) in [6.07, 6.45) is 68.2. The predicted molar refractivity (Wildman–Crippen MR) is 437 cm³/mol. The number of ether oxygens (including phenoxy) is 4. The average molecular weight is 1550 g/mol. The molecule has 0 bridgehead atoms. The number of unbranched alkanes of at least 4 members (excludes halogenated alkanes) is 52. The van der Waals surface area contributed by atoms with Crippen molar-refractivity contribution < 1.29 is 80.2 Å². The summed E-state index contributed by atoms with van der Waals surface area (Å²) in [4.78, 5) is 73.1. The Balaban J connectivity index is 5.16. The molecule has 0 fully saturated rings. The molecule has 0 amide bonds. The molecule has 106 heavy (non-hydrogen) atoms. The van der Waals surface area contributed by atoms with E-state index in [0.717, 1.165) is 120 Å². The molecule has 0 aromatic heterocycles. The third kappa shape index (κ3) is 78.7. The topological polar surface area (TPSA) is 237 Å². The van der Waals surface area contributed by atoms with E-state index in [1.807, 2.05) is 0 Å². The molecule has 0 saturated heterocycles. The Labute approximate surface area is 651 Å². The lowest BCUT2D eigenvalue weighted by Crippen LogP contribution is -2.30. The molecule has 0 rings (SSSR count). The second kappa shape index (κ2) is 77.0. The lowest BCUT2D eigenvalue weighted by molar-refractivity contribution is -0.161. The van der Waals surface area contributed by atoms with Crippen molar-refractivity contribution in [1.82, 2.24) is 0 Å². The average Bonchev–Trinajstić information content (AvgIpc) is 0.905. The van der Waals surface area contributed by atoms with Crippen LogP contribution in [0.1, 0.15) is 459 Å². The van der Waals surface area contributed by atoms with E-state index < -0.39 is 97.5 Å². The highest BCUT2D eigenvalue weighted by Crippen LogP contribution is 2.45. The van der Waals surface area contributed by atoms with Gasteiger partial charge in [-0.3, -0.25) is 37.3 Å². The van der Waals surface area contributed by atoms with Crippen molar-refractivity contribution in [3.63, 3.8) is 0 Å². The Morgan fingerprint density at radius 2 is 0.481 bits per heavy atom. The number of hydrogen-bond acceptors (Lipinski definition) is 15. The van der Waals surface area contributed by atoms with E-state index in [-0.39, 0.29) is 25.7 Å². The van der Waals surface area contributed by atoms with Gasteiger partial charge in [0.1, 0.15) is 19.3 Å². The molecule has 19 heteroatoms. The molecule has 0 aliphatic carbocycles. The Bertz CT molecular complexity index is 2050. The van der Waals surface area contributed by atoms with Crippen LogP contribution in [0, 0.1) is 17.8 Å². The number of carbonyl (C=O) groups is 4. The summed E-state index contributed by atoms with van der Waals surface area (Å²) in [5, 5.41) is 10.7. The van der Waals surface area contributed by atoms with Gasteiger partial charge in [-0.05, 0) is 43.4 Å². The van der Waals surface area contributed by atoms with Crippen molar-refractivity contribution in [3.05, 3.63) is 0 Å². The first-order chi connectivity index (χ1) is 51.3. The molecule has 0 aromatic carbocycles. The number of aliphatic hydroxyl groups is 1. The number of phosphoric acid groups is 2. The molecule has 0 aliphatic rings. The van der Waals surface area contributed by atoms with E-state index >= 15 is 0 Å². The number of aliphatic hydroxyl groups excluding tert-OH is 1. The van der Waals surface area contributed by atoms with Gasteiger partial charge in [0.15, 0.2) is 12.2 Å². The smallest absolute Gasteiger partial charge is 0.462 e. The lowest BCUT2D eigenvalue weighted by Gasteiger charge is -2.21. The highest BCUT2D eigenvalue weighted by atomic mass is 31.2. The molecular weight excluding hydrogens is 1380 g/mol. The van der Waals surface area contributed by atoms with Gasteiger partial charge in [-0.2, -0.15) is 0 Å². The maximum absolute atomic E-state index is 13.1. The van der Waals surface area contributed by atoms with Crippen LogP contribution in [0.4, 0.5) is 0 Å². The first kappa shape index (κ1) is 104. The first-order valence-electron chi connectivity index (χ1n) is 44.9. The molecular formula is C87H170O17P2. The first-order valence-corrected chi connectivity index (χ1v) is 47.9. The zero-order valence-electron chi connectivity index (χ0n) is 69.9. The summed E-state index contributed by atoms with van der Waals surface area (Å²) in [5.74, 6) is 0.379. The summed E-state index contributed by atoms with van der Waals surface area (Å²) >= 11 is 0. The van der Waals surface area contributed by atoms with Gasteiger partial charge in [0, 0.05) is 25.7 Å². The summed E-state index contributed by atoms with van der Waals surface area (Å²) in [5.41, 5.74) is 0. The van der Waals surface area contributed by atoms with Gasteiger partial charge in [-0.15, -0.1) is 0 Å². The van der Waals surface area contributed by atoms with E-state index in [2.05, 4.69) is 48.5 Å². The van der Waals surface area contributed by atoms with Gasteiger partial charge < -0.3 is 33.8 Å². The van der Waals surface area contributed by atoms with Crippen molar-refractivity contribution in [3.8, 4) is 0 Å². The van der Waals surface area contributed by atoms with E-state index in [9.17, 15) is 43.2 Å². The molecule has 0 saturated carbocycles. The highest BCUT2D eigenvalue weighted by molar-refractivity contribution is 7.47. The van der Waals surface area contributed by atoms with Crippen molar-refractivity contribution in [1.29, 1.82) is 0 Å². The van der Waals surface area contributed by atoms with Crippen LogP contribution in [0.3, 0.4) is 0 Å². The minimum atomic E-state index is -4.97. The fraction of sp³-hybridized carbons (Fsp3) is 0.954. The second-order valence-electron chi connectivity index (χ2n) is 32.5. The van der Waals surface area contributed by atoms with E-state index in [1.54, 1.807) is 0 Å². The molecule has 6 atom stereocenters. The van der Waals surface area contributed by atoms with Crippen molar-refractivity contribution in [2.45, 2.75) is 478 Å².